The number of nitrogens with one attached hydrogen (secondary N) is 1. The molecule has 2 N–H and O–H groups in total. The number of rotatable bonds is 4. The van der Waals surface area contributed by atoms with Gasteiger partial charge in [-0.2, -0.15) is 0 Å². The van der Waals surface area contributed by atoms with E-state index in [2.05, 4.69) is 10.2 Å². The van der Waals surface area contributed by atoms with Crippen molar-refractivity contribution in [3.63, 3.8) is 0 Å². The van der Waals surface area contributed by atoms with E-state index in [0.29, 0.717) is 25.8 Å². The van der Waals surface area contributed by atoms with Crippen LogP contribution >= 0.6 is 0 Å². The van der Waals surface area contributed by atoms with E-state index in [4.69, 9.17) is 0 Å². The first-order chi connectivity index (χ1) is 9.95. The van der Waals surface area contributed by atoms with E-state index in [9.17, 15) is 14.7 Å². The van der Waals surface area contributed by atoms with Gasteiger partial charge in [0.1, 0.15) is 6.04 Å². The molecule has 0 aromatic rings. The van der Waals surface area contributed by atoms with E-state index >= 15 is 0 Å². The number of carbonyl (C=O) groups is 2. The zero-order chi connectivity index (χ0) is 15.5. The number of piperidine rings is 1. The first kappa shape index (κ1) is 16.2. The number of carbonyl (C=O) groups excluding carboxylic acids is 2. The molecule has 6 nitrogen and oxygen atoms in total. The lowest BCUT2D eigenvalue weighted by molar-refractivity contribution is -0.138. The van der Waals surface area contributed by atoms with Gasteiger partial charge in [0, 0.05) is 32.6 Å². The topological polar surface area (TPSA) is 72.9 Å². The summed E-state index contributed by atoms with van der Waals surface area (Å²) in [6.07, 6.45) is 3.37. The Kier molecular flexibility index (Phi) is 5.22. The Labute approximate surface area is 126 Å². The van der Waals surface area contributed by atoms with Gasteiger partial charge in [-0.1, -0.05) is 6.92 Å². The van der Waals surface area contributed by atoms with E-state index in [1.54, 1.807) is 4.90 Å². The van der Waals surface area contributed by atoms with Gasteiger partial charge >= 0.3 is 0 Å². The number of hydrogen-bond acceptors (Lipinski definition) is 4. The second kappa shape index (κ2) is 6.75. The minimum atomic E-state index is -0.805. The molecule has 2 amide bonds. The fourth-order valence-corrected chi connectivity index (χ4v) is 3.12. The van der Waals surface area contributed by atoms with Crippen LogP contribution in [0.15, 0.2) is 0 Å². The third-order valence-electron chi connectivity index (χ3n) is 4.69. The molecule has 21 heavy (non-hydrogen) atoms. The van der Waals surface area contributed by atoms with E-state index in [1.807, 2.05) is 14.0 Å². The second-order valence-electron chi connectivity index (χ2n) is 6.34. The standard InChI is InChI=1S/C15H27N3O3/c1-3-13(19)18-8-4-5-12(18)14(20)16-11-15(21)6-9-17(2)10-7-15/h12,21H,3-11H2,1-2H3,(H,16,20)/t12-/m0/s1. The Morgan fingerprint density at radius 3 is 2.57 bits per heavy atom. The molecular weight excluding hydrogens is 270 g/mol. The Morgan fingerprint density at radius 1 is 1.29 bits per heavy atom. The molecule has 0 saturated carbocycles. The molecule has 2 fully saturated rings. The lowest BCUT2D eigenvalue weighted by Crippen LogP contribution is -2.53. The van der Waals surface area contributed by atoms with Gasteiger partial charge in [-0.15, -0.1) is 0 Å². The van der Waals surface area contributed by atoms with Crippen LogP contribution < -0.4 is 5.32 Å². The highest BCUT2D eigenvalue weighted by molar-refractivity contribution is 5.88. The first-order valence-corrected chi connectivity index (χ1v) is 7.93. The number of aliphatic hydroxyl groups is 1. The molecule has 0 unspecified atom stereocenters. The van der Waals surface area contributed by atoms with Crippen molar-refractivity contribution in [3.05, 3.63) is 0 Å². The molecular formula is C15H27N3O3. The summed E-state index contributed by atoms with van der Waals surface area (Å²) >= 11 is 0. The molecule has 2 aliphatic rings. The van der Waals surface area contributed by atoms with Crippen molar-refractivity contribution in [2.24, 2.45) is 0 Å². The summed E-state index contributed by atoms with van der Waals surface area (Å²) in [6, 6.07) is -0.354. The van der Waals surface area contributed by atoms with E-state index < -0.39 is 5.60 Å². The molecule has 0 bridgehead atoms. The number of hydrogen-bond donors (Lipinski definition) is 2. The van der Waals surface area contributed by atoms with Crippen molar-refractivity contribution < 1.29 is 14.7 Å². The van der Waals surface area contributed by atoms with Crippen molar-refractivity contribution in [2.45, 2.75) is 50.7 Å². The molecule has 0 spiro atoms. The molecule has 120 valence electrons. The van der Waals surface area contributed by atoms with Gasteiger partial charge in [-0.25, -0.2) is 0 Å². The maximum Gasteiger partial charge on any atom is 0.242 e. The van der Waals surface area contributed by atoms with Gasteiger partial charge in [0.25, 0.3) is 0 Å². The van der Waals surface area contributed by atoms with Crippen LogP contribution in [0.5, 0.6) is 0 Å². The lowest BCUT2D eigenvalue weighted by Gasteiger charge is -2.37. The molecule has 0 aromatic heterocycles. The largest absolute Gasteiger partial charge is 0.388 e. The monoisotopic (exact) mass is 297 g/mol. The summed E-state index contributed by atoms with van der Waals surface area (Å²) in [6.45, 7) is 4.45. The quantitative estimate of drug-likeness (QED) is 0.764. The van der Waals surface area contributed by atoms with Crippen LogP contribution in [-0.2, 0) is 9.59 Å². The minimum Gasteiger partial charge on any atom is -0.388 e. The van der Waals surface area contributed by atoms with Gasteiger partial charge in [0.15, 0.2) is 0 Å². The Balaban J connectivity index is 1.85. The zero-order valence-corrected chi connectivity index (χ0v) is 13.1. The highest BCUT2D eigenvalue weighted by atomic mass is 16.3. The predicted molar refractivity (Wildman–Crippen MR) is 79.7 cm³/mol. The summed E-state index contributed by atoms with van der Waals surface area (Å²) in [5.41, 5.74) is -0.805. The molecule has 2 aliphatic heterocycles. The molecule has 1 atom stereocenters. The summed E-state index contributed by atoms with van der Waals surface area (Å²) in [5, 5.41) is 13.3. The number of amides is 2. The minimum absolute atomic E-state index is 0.0330. The molecule has 2 saturated heterocycles. The summed E-state index contributed by atoms with van der Waals surface area (Å²) < 4.78 is 0. The maximum atomic E-state index is 12.3. The lowest BCUT2D eigenvalue weighted by atomic mass is 9.91. The van der Waals surface area contributed by atoms with Crippen molar-refractivity contribution in [1.29, 1.82) is 0 Å². The SMILES string of the molecule is CCC(=O)N1CCC[C@H]1C(=O)NCC1(O)CCN(C)CC1. The zero-order valence-electron chi connectivity index (χ0n) is 13.1. The van der Waals surface area contributed by atoms with Crippen LogP contribution in [0.2, 0.25) is 0 Å². The number of likely N-dealkylation sites (tertiary alicyclic amines) is 2. The average molecular weight is 297 g/mol. The van der Waals surface area contributed by atoms with Crippen molar-refractivity contribution in [3.8, 4) is 0 Å². The van der Waals surface area contributed by atoms with Crippen molar-refractivity contribution >= 4 is 11.8 Å². The molecule has 2 heterocycles. The fraction of sp³-hybridized carbons (Fsp3) is 0.867. The Bertz CT molecular complexity index is 392. The highest BCUT2D eigenvalue weighted by Gasteiger charge is 2.36. The molecule has 0 aliphatic carbocycles. The first-order valence-electron chi connectivity index (χ1n) is 7.93. The summed E-state index contributed by atoms with van der Waals surface area (Å²) in [4.78, 5) is 28.0. The Hall–Kier alpha value is -1.14. The predicted octanol–water partition coefficient (Wildman–Crippen LogP) is -0.0397. The van der Waals surface area contributed by atoms with Crippen LogP contribution in [0.4, 0.5) is 0 Å². The van der Waals surface area contributed by atoms with E-state index in [-0.39, 0.29) is 24.4 Å². The summed E-state index contributed by atoms with van der Waals surface area (Å²) in [7, 11) is 2.03. The second-order valence-corrected chi connectivity index (χ2v) is 6.34. The van der Waals surface area contributed by atoms with Gasteiger partial charge in [-0.3, -0.25) is 9.59 Å². The maximum absolute atomic E-state index is 12.3. The normalized spacial score (nSPS) is 25.9. The van der Waals surface area contributed by atoms with E-state index in [0.717, 1.165) is 25.9 Å². The molecule has 0 radical (unpaired) electrons. The van der Waals surface area contributed by atoms with Crippen LogP contribution in [-0.4, -0.2) is 71.6 Å². The molecule has 0 aromatic carbocycles. The van der Waals surface area contributed by atoms with E-state index in [1.165, 1.54) is 0 Å². The van der Waals surface area contributed by atoms with Crippen LogP contribution in [0.3, 0.4) is 0 Å². The Morgan fingerprint density at radius 2 is 1.95 bits per heavy atom. The van der Waals surface area contributed by atoms with Crippen LogP contribution in [0.1, 0.15) is 39.0 Å². The molecule has 2 rings (SSSR count). The average Bonchev–Trinajstić information content (AvgIpc) is 2.97. The molecule has 6 heteroatoms. The van der Waals surface area contributed by atoms with Crippen LogP contribution in [0.25, 0.3) is 0 Å². The number of nitrogens with zero attached hydrogens (tertiary/aromatic N) is 2. The van der Waals surface area contributed by atoms with Gasteiger partial charge in [0.2, 0.25) is 11.8 Å². The smallest absolute Gasteiger partial charge is 0.242 e. The van der Waals surface area contributed by atoms with Crippen molar-refractivity contribution in [1.82, 2.24) is 15.1 Å². The van der Waals surface area contributed by atoms with Gasteiger partial charge < -0.3 is 20.2 Å². The van der Waals surface area contributed by atoms with Crippen LogP contribution in [0, 0.1) is 0 Å². The fourth-order valence-electron chi connectivity index (χ4n) is 3.12. The summed E-state index contributed by atoms with van der Waals surface area (Å²) in [5.74, 6) is -0.0905. The highest BCUT2D eigenvalue weighted by Crippen LogP contribution is 2.22. The van der Waals surface area contributed by atoms with Crippen molar-refractivity contribution in [2.75, 3.05) is 33.2 Å². The van der Waals surface area contributed by atoms with Gasteiger partial charge in [-0.05, 0) is 32.7 Å². The van der Waals surface area contributed by atoms with Gasteiger partial charge in [0.05, 0.1) is 5.60 Å². The third kappa shape index (κ3) is 3.95. The third-order valence-corrected chi connectivity index (χ3v) is 4.69.